The number of nitrogens with one attached hydrogen (secondary N) is 1. The first kappa shape index (κ1) is 24.5. The average Bonchev–Trinajstić information content (AvgIpc) is 2.82. The van der Waals surface area contributed by atoms with E-state index >= 15 is 0 Å². The van der Waals surface area contributed by atoms with Crippen molar-refractivity contribution in [1.29, 1.82) is 0 Å². The molecular formula is C26H37FN2O3. The van der Waals surface area contributed by atoms with Gasteiger partial charge in [0.25, 0.3) is 0 Å². The minimum absolute atomic E-state index is 0.208. The number of aliphatic hydroxyl groups is 1. The van der Waals surface area contributed by atoms with E-state index in [2.05, 4.69) is 17.3 Å². The summed E-state index contributed by atoms with van der Waals surface area (Å²) in [5.74, 6) is 1.09. The largest absolute Gasteiger partial charge is 0.493 e. The predicted molar refractivity (Wildman–Crippen MR) is 126 cm³/mol. The number of aliphatic hydroxyl groups excluding tert-OH is 1. The summed E-state index contributed by atoms with van der Waals surface area (Å²) in [6.45, 7) is 2.35. The molecule has 1 fully saturated rings. The molecule has 0 radical (unpaired) electrons. The molecule has 1 aliphatic rings. The van der Waals surface area contributed by atoms with Crippen LogP contribution in [-0.4, -0.2) is 56.0 Å². The van der Waals surface area contributed by atoms with Crippen LogP contribution in [0.3, 0.4) is 0 Å². The quantitative estimate of drug-likeness (QED) is 0.481. The van der Waals surface area contributed by atoms with Gasteiger partial charge >= 0.3 is 0 Å². The summed E-state index contributed by atoms with van der Waals surface area (Å²) < 4.78 is 24.4. The SMILES string of the molecule is COc1cc(CNCCc2ccc(F)cc2)ccc1OCC(O)CN(C)C1CCCCC1. The van der Waals surface area contributed by atoms with E-state index in [9.17, 15) is 9.50 Å². The lowest BCUT2D eigenvalue weighted by Crippen LogP contribution is -2.40. The van der Waals surface area contributed by atoms with Crippen LogP contribution in [0.15, 0.2) is 42.5 Å². The fraction of sp³-hybridized carbons (Fsp3) is 0.538. The average molecular weight is 445 g/mol. The van der Waals surface area contributed by atoms with E-state index in [4.69, 9.17) is 9.47 Å². The molecule has 6 heteroatoms. The lowest BCUT2D eigenvalue weighted by molar-refractivity contribution is 0.0553. The van der Waals surface area contributed by atoms with Gasteiger partial charge in [0.05, 0.1) is 7.11 Å². The lowest BCUT2D eigenvalue weighted by atomic mass is 9.94. The van der Waals surface area contributed by atoms with Crippen molar-refractivity contribution in [3.05, 3.63) is 59.4 Å². The van der Waals surface area contributed by atoms with Gasteiger partial charge in [0.2, 0.25) is 0 Å². The molecule has 1 aliphatic carbocycles. The zero-order valence-corrected chi connectivity index (χ0v) is 19.4. The smallest absolute Gasteiger partial charge is 0.161 e. The highest BCUT2D eigenvalue weighted by Crippen LogP contribution is 2.28. The zero-order chi connectivity index (χ0) is 22.8. The molecular weight excluding hydrogens is 407 g/mol. The molecule has 1 saturated carbocycles. The highest BCUT2D eigenvalue weighted by molar-refractivity contribution is 5.43. The van der Waals surface area contributed by atoms with E-state index in [0.717, 1.165) is 24.1 Å². The van der Waals surface area contributed by atoms with Crippen LogP contribution < -0.4 is 14.8 Å². The number of halogens is 1. The Hall–Kier alpha value is -2.15. The highest BCUT2D eigenvalue weighted by Gasteiger charge is 2.20. The van der Waals surface area contributed by atoms with Crippen molar-refractivity contribution in [3.8, 4) is 11.5 Å². The molecule has 2 aromatic carbocycles. The topological polar surface area (TPSA) is 54.0 Å². The lowest BCUT2D eigenvalue weighted by Gasteiger charge is -2.32. The Morgan fingerprint density at radius 2 is 1.78 bits per heavy atom. The molecule has 1 unspecified atom stereocenters. The summed E-state index contributed by atoms with van der Waals surface area (Å²) >= 11 is 0. The van der Waals surface area contributed by atoms with Gasteiger partial charge in [0.1, 0.15) is 18.5 Å². The van der Waals surface area contributed by atoms with Crippen LogP contribution in [0.4, 0.5) is 4.39 Å². The van der Waals surface area contributed by atoms with Gasteiger partial charge in [-0.3, -0.25) is 0 Å². The van der Waals surface area contributed by atoms with E-state index in [1.807, 2.05) is 30.3 Å². The molecule has 5 nitrogen and oxygen atoms in total. The fourth-order valence-electron chi connectivity index (χ4n) is 4.30. The molecule has 2 aromatic rings. The first-order valence-corrected chi connectivity index (χ1v) is 11.7. The van der Waals surface area contributed by atoms with Gasteiger partial charge in [0, 0.05) is 19.1 Å². The number of hydrogen-bond donors (Lipinski definition) is 2. The third kappa shape index (κ3) is 7.76. The minimum Gasteiger partial charge on any atom is -0.493 e. The van der Waals surface area contributed by atoms with E-state index in [1.54, 1.807) is 7.11 Å². The summed E-state index contributed by atoms with van der Waals surface area (Å²) in [6.07, 6.45) is 6.63. The summed E-state index contributed by atoms with van der Waals surface area (Å²) in [5.41, 5.74) is 2.19. The molecule has 32 heavy (non-hydrogen) atoms. The molecule has 0 aliphatic heterocycles. The van der Waals surface area contributed by atoms with Crippen molar-refractivity contribution in [2.45, 2.75) is 57.2 Å². The predicted octanol–water partition coefficient (Wildman–Crippen LogP) is 4.17. The maximum absolute atomic E-state index is 13.0. The van der Waals surface area contributed by atoms with Crippen LogP contribution in [0.2, 0.25) is 0 Å². The van der Waals surface area contributed by atoms with Crippen molar-refractivity contribution < 1.29 is 19.0 Å². The Balaban J connectivity index is 1.42. The molecule has 0 heterocycles. The first-order chi connectivity index (χ1) is 15.5. The number of benzene rings is 2. The highest BCUT2D eigenvalue weighted by atomic mass is 19.1. The van der Waals surface area contributed by atoms with Crippen LogP contribution >= 0.6 is 0 Å². The van der Waals surface area contributed by atoms with Crippen molar-refractivity contribution in [3.63, 3.8) is 0 Å². The summed E-state index contributed by atoms with van der Waals surface area (Å²) in [4.78, 5) is 2.27. The molecule has 2 N–H and O–H groups in total. The van der Waals surface area contributed by atoms with E-state index in [-0.39, 0.29) is 12.4 Å². The Labute approximate surface area is 191 Å². The van der Waals surface area contributed by atoms with Crippen LogP contribution in [0.1, 0.15) is 43.2 Å². The Bertz CT molecular complexity index is 809. The fourth-order valence-corrected chi connectivity index (χ4v) is 4.30. The van der Waals surface area contributed by atoms with Gasteiger partial charge in [-0.1, -0.05) is 37.5 Å². The second-order valence-electron chi connectivity index (χ2n) is 8.73. The van der Waals surface area contributed by atoms with E-state index < -0.39 is 6.10 Å². The molecule has 1 atom stereocenters. The normalized spacial score (nSPS) is 15.7. The molecule has 0 bridgehead atoms. The number of nitrogens with zero attached hydrogens (tertiary/aromatic N) is 1. The second-order valence-corrected chi connectivity index (χ2v) is 8.73. The number of hydrogen-bond acceptors (Lipinski definition) is 5. The van der Waals surface area contributed by atoms with Crippen LogP contribution in [0, 0.1) is 5.82 Å². The van der Waals surface area contributed by atoms with Crippen LogP contribution in [0.25, 0.3) is 0 Å². The van der Waals surface area contributed by atoms with Gasteiger partial charge < -0.3 is 24.8 Å². The van der Waals surface area contributed by atoms with Gasteiger partial charge in [0.15, 0.2) is 11.5 Å². The van der Waals surface area contributed by atoms with Crippen LogP contribution in [-0.2, 0) is 13.0 Å². The number of rotatable bonds is 12. The van der Waals surface area contributed by atoms with Crippen LogP contribution in [0.5, 0.6) is 11.5 Å². The van der Waals surface area contributed by atoms with Gasteiger partial charge in [-0.05, 0) is 68.2 Å². The van der Waals surface area contributed by atoms with E-state index in [0.29, 0.717) is 30.6 Å². The third-order valence-corrected chi connectivity index (χ3v) is 6.19. The molecule has 0 spiro atoms. The minimum atomic E-state index is -0.542. The summed E-state index contributed by atoms with van der Waals surface area (Å²) in [6, 6.07) is 13.0. The molecule has 0 amide bonds. The first-order valence-electron chi connectivity index (χ1n) is 11.7. The molecule has 0 aromatic heterocycles. The second kappa shape index (κ2) is 12.8. The Morgan fingerprint density at radius 1 is 1.06 bits per heavy atom. The number of ether oxygens (including phenoxy) is 2. The van der Waals surface area contributed by atoms with Gasteiger partial charge in [-0.25, -0.2) is 4.39 Å². The maximum atomic E-state index is 13.0. The van der Waals surface area contributed by atoms with Crippen molar-refractivity contribution in [2.75, 3.05) is 33.9 Å². The third-order valence-electron chi connectivity index (χ3n) is 6.19. The number of methoxy groups -OCH3 is 1. The Morgan fingerprint density at radius 3 is 2.50 bits per heavy atom. The van der Waals surface area contributed by atoms with E-state index in [1.165, 1.54) is 44.2 Å². The molecule has 3 rings (SSSR count). The monoisotopic (exact) mass is 444 g/mol. The van der Waals surface area contributed by atoms with Crippen molar-refractivity contribution in [2.24, 2.45) is 0 Å². The standard InChI is InChI=1S/C26H37FN2O3/c1-29(23-6-4-3-5-7-23)18-24(30)19-32-25-13-10-21(16-26(25)31-2)17-28-15-14-20-8-11-22(27)12-9-20/h8-13,16,23-24,28,30H,3-7,14-15,17-19H2,1-2H3. The number of likely N-dealkylation sites (N-methyl/N-ethyl adjacent to an activating group) is 1. The molecule has 176 valence electrons. The zero-order valence-electron chi connectivity index (χ0n) is 19.4. The molecule has 0 saturated heterocycles. The summed E-state index contributed by atoms with van der Waals surface area (Å²) in [7, 11) is 3.72. The van der Waals surface area contributed by atoms with Crippen molar-refractivity contribution in [1.82, 2.24) is 10.2 Å². The summed E-state index contributed by atoms with van der Waals surface area (Å²) in [5, 5.41) is 13.8. The maximum Gasteiger partial charge on any atom is 0.161 e. The Kier molecular flexibility index (Phi) is 9.78. The van der Waals surface area contributed by atoms with Gasteiger partial charge in [-0.2, -0.15) is 0 Å². The van der Waals surface area contributed by atoms with Crippen molar-refractivity contribution >= 4 is 0 Å². The van der Waals surface area contributed by atoms with Gasteiger partial charge in [-0.15, -0.1) is 0 Å².